The Bertz CT molecular complexity index is 630. The van der Waals surface area contributed by atoms with Crippen molar-refractivity contribution in [2.45, 2.75) is 84.2 Å². The number of hydrogen-bond donors (Lipinski definition) is 0. The summed E-state index contributed by atoms with van der Waals surface area (Å²) in [6.45, 7) is 8.77. The molecule has 4 nitrogen and oxygen atoms in total. The van der Waals surface area contributed by atoms with E-state index in [4.69, 9.17) is 4.74 Å². The first-order valence-corrected chi connectivity index (χ1v) is 12.5. The molecule has 0 aromatic carbocycles. The molecule has 0 aromatic heterocycles. The van der Waals surface area contributed by atoms with E-state index in [0.717, 1.165) is 62.7 Å². The van der Waals surface area contributed by atoms with Gasteiger partial charge in [-0.2, -0.15) is 0 Å². The van der Waals surface area contributed by atoms with E-state index in [1.165, 1.54) is 51.4 Å². The third-order valence-corrected chi connectivity index (χ3v) is 10.4. The Morgan fingerprint density at radius 2 is 1.69 bits per heavy atom. The number of carbonyl (C=O) groups is 1. The van der Waals surface area contributed by atoms with Crippen molar-refractivity contribution in [2.75, 3.05) is 33.2 Å². The Labute approximate surface area is 177 Å². The third-order valence-electron chi connectivity index (χ3n) is 10.4. The standard InChI is InChI=1S/C25H42N2O2/c1-24-10-4-5-21(24)20-7-6-18-17-19(8-12-25(18,2)22(20)9-11-24)29-23(28)27-15-13-26(3)14-16-27/h18-22H,4-17H2,1-3H3/t18?,19?,20-,21-,22+,24-,25-/m0/s1. The fourth-order valence-corrected chi connectivity index (χ4v) is 8.52. The number of rotatable bonds is 1. The number of piperazine rings is 1. The zero-order chi connectivity index (χ0) is 20.2. The lowest BCUT2D eigenvalue weighted by Crippen LogP contribution is -2.54. The highest BCUT2D eigenvalue weighted by Gasteiger charge is 2.58. The van der Waals surface area contributed by atoms with Crippen molar-refractivity contribution in [3.8, 4) is 0 Å². The smallest absolute Gasteiger partial charge is 0.410 e. The van der Waals surface area contributed by atoms with Crippen LogP contribution in [0.5, 0.6) is 0 Å². The molecular weight excluding hydrogens is 360 g/mol. The quantitative estimate of drug-likeness (QED) is 0.606. The van der Waals surface area contributed by atoms with Crippen molar-refractivity contribution in [1.29, 1.82) is 0 Å². The van der Waals surface area contributed by atoms with Crippen molar-refractivity contribution in [2.24, 2.45) is 34.5 Å². The fourth-order valence-electron chi connectivity index (χ4n) is 8.52. The van der Waals surface area contributed by atoms with Crippen molar-refractivity contribution in [1.82, 2.24) is 9.80 Å². The van der Waals surface area contributed by atoms with Crippen LogP contribution in [0.3, 0.4) is 0 Å². The minimum Gasteiger partial charge on any atom is -0.446 e. The number of amides is 1. The summed E-state index contributed by atoms with van der Waals surface area (Å²) in [6, 6.07) is 0. The van der Waals surface area contributed by atoms with Gasteiger partial charge in [0.25, 0.3) is 0 Å². The predicted octanol–water partition coefficient (Wildman–Crippen LogP) is 5.17. The molecule has 164 valence electrons. The maximum absolute atomic E-state index is 12.7. The Balaban J connectivity index is 1.22. The van der Waals surface area contributed by atoms with Gasteiger partial charge >= 0.3 is 6.09 Å². The van der Waals surface area contributed by atoms with Crippen molar-refractivity contribution >= 4 is 6.09 Å². The zero-order valence-electron chi connectivity index (χ0n) is 19.0. The Kier molecular flexibility index (Phi) is 5.16. The maximum atomic E-state index is 12.7. The Morgan fingerprint density at radius 3 is 2.48 bits per heavy atom. The highest BCUT2D eigenvalue weighted by atomic mass is 16.6. The van der Waals surface area contributed by atoms with Gasteiger partial charge in [-0.1, -0.05) is 20.3 Å². The molecule has 0 spiro atoms. The minimum absolute atomic E-state index is 0.0558. The topological polar surface area (TPSA) is 32.8 Å². The van der Waals surface area contributed by atoms with E-state index in [0.29, 0.717) is 10.8 Å². The van der Waals surface area contributed by atoms with E-state index in [1.807, 2.05) is 4.90 Å². The second-order valence-corrected chi connectivity index (χ2v) is 11.8. The lowest BCUT2D eigenvalue weighted by molar-refractivity contribution is -0.123. The molecule has 1 amide bonds. The number of hydrogen-bond acceptors (Lipinski definition) is 3. The Morgan fingerprint density at radius 1 is 0.897 bits per heavy atom. The molecule has 5 aliphatic rings. The molecule has 4 saturated carbocycles. The molecule has 4 aliphatic carbocycles. The van der Waals surface area contributed by atoms with Crippen LogP contribution in [-0.4, -0.2) is 55.2 Å². The van der Waals surface area contributed by atoms with E-state index in [1.54, 1.807) is 0 Å². The second kappa shape index (κ2) is 7.43. The molecule has 5 fully saturated rings. The number of fused-ring (bicyclic) bond motifs is 5. The maximum Gasteiger partial charge on any atom is 0.410 e. The second-order valence-electron chi connectivity index (χ2n) is 11.8. The van der Waals surface area contributed by atoms with Gasteiger partial charge in [0.05, 0.1) is 0 Å². The van der Waals surface area contributed by atoms with E-state index >= 15 is 0 Å². The summed E-state index contributed by atoms with van der Waals surface area (Å²) >= 11 is 0. The summed E-state index contributed by atoms with van der Waals surface area (Å²) in [5, 5.41) is 0. The van der Waals surface area contributed by atoms with Crippen molar-refractivity contribution in [3.63, 3.8) is 0 Å². The summed E-state index contributed by atoms with van der Waals surface area (Å²) in [7, 11) is 2.13. The first kappa shape index (κ1) is 20.2. The molecule has 4 heteroatoms. The number of nitrogens with zero attached hydrogens (tertiary/aromatic N) is 2. The first-order valence-electron chi connectivity index (χ1n) is 12.5. The van der Waals surface area contributed by atoms with Gasteiger partial charge in [0, 0.05) is 26.2 Å². The normalized spacial score (nSPS) is 47.8. The van der Waals surface area contributed by atoms with Crippen LogP contribution in [0.2, 0.25) is 0 Å². The number of likely N-dealkylation sites (N-methyl/N-ethyl adjacent to an activating group) is 1. The van der Waals surface area contributed by atoms with Gasteiger partial charge in [0.2, 0.25) is 0 Å². The summed E-state index contributed by atoms with van der Waals surface area (Å²) in [5.74, 6) is 3.65. The molecule has 0 N–H and O–H groups in total. The average molecular weight is 403 g/mol. The molecule has 1 aliphatic heterocycles. The predicted molar refractivity (Wildman–Crippen MR) is 116 cm³/mol. The molecule has 5 rings (SSSR count). The summed E-state index contributed by atoms with van der Waals surface area (Å²) in [5.41, 5.74) is 1.14. The number of carbonyl (C=O) groups excluding carboxylic acids is 1. The highest BCUT2D eigenvalue weighted by molar-refractivity contribution is 5.68. The summed E-state index contributed by atoms with van der Waals surface area (Å²) in [4.78, 5) is 16.9. The third kappa shape index (κ3) is 3.42. The minimum atomic E-state index is -0.0558. The monoisotopic (exact) mass is 402 g/mol. The molecule has 29 heavy (non-hydrogen) atoms. The molecule has 0 bridgehead atoms. The molecular formula is C25H42N2O2. The van der Waals surface area contributed by atoms with E-state index in [2.05, 4.69) is 25.8 Å². The van der Waals surface area contributed by atoms with Gasteiger partial charge in [0.15, 0.2) is 0 Å². The van der Waals surface area contributed by atoms with E-state index < -0.39 is 0 Å². The van der Waals surface area contributed by atoms with Crippen molar-refractivity contribution < 1.29 is 9.53 Å². The van der Waals surface area contributed by atoms with E-state index in [-0.39, 0.29) is 12.2 Å². The lowest BCUT2D eigenvalue weighted by Gasteiger charge is -2.60. The average Bonchev–Trinajstić information content (AvgIpc) is 3.10. The largest absolute Gasteiger partial charge is 0.446 e. The van der Waals surface area contributed by atoms with Crippen LogP contribution in [0.15, 0.2) is 0 Å². The van der Waals surface area contributed by atoms with Crippen molar-refractivity contribution in [3.05, 3.63) is 0 Å². The van der Waals surface area contributed by atoms with Crippen LogP contribution in [0, 0.1) is 34.5 Å². The lowest BCUT2D eigenvalue weighted by atomic mass is 9.45. The molecule has 1 heterocycles. The van der Waals surface area contributed by atoms with Crippen LogP contribution < -0.4 is 0 Å². The molecule has 0 aromatic rings. The molecule has 7 atom stereocenters. The zero-order valence-corrected chi connectivity index (χ0v) is 19.0. The SMILES string of the molecule is CN1CCN(C(=O)OC2CC[C@@]3(C)C(CC[C@@H]4[C@H]3CC[C@]3(C)CCC[C@@H]43)C2)CC1. The van der Waals surface area contributed by atoms with Crippen LogP contribution in [0.1, 0.15) is 78.1 Å². The van der Waals surface area contributed by atoms with Gasteiger partial charge in [-0.3, -0.25) is 0 Å². The number of ether oxygens (including phenoxy) is 1. The van der Waals surface area contributed by atoms with Crippen LogP contribution >= 0.6 is 0 Å². The first-order chi connectivity index (χ1) is 13.9. The van der Waals surface area contributed by atoms with Gasteiger partial charge in [-0.05, 0) is 99.3 Å². The Hall–Kier alpha value is -0.770. The molecule has 0 radical (unpaired) electrons. The van der Waals surface area contributed by atoms with Gasteiger partial charge in [0.1, 0.15) is 6.10 Å². The molecule has 2 unspecified atom stereocenters. The van der Waals surface area contributed by atoms with Gasteiger partial charge in [-0.15, -0.1) is 0 Å². The van der Waals surface area contributed by atoms with Crippen LogP contribution in [-0.2, 0) is 4.74 Å². The highest BCUT2D eigenvalue weighted by Crippen LogP contribution is 2.66. The molecule has 1 saturated heterocycles. The van der Waals surface area contributed by atoms with Gasteiger partial charge < -0.3 is 14.5 Å². The van der Waals surface area contributed by atoms with Gasteiger partial charge in [-0.25, -0.2) is 4.79 Å². The van der Waals surface area contributed by atoms with Crippen LogP contribution in [0.25, 0.3) is 0 Å². The van der Waals surface area contributed by atoms with E-state index in [9.17, 15) is 4.79 Å². The summed E-state index contributed by atoms with van der Waals surface area (Å²) in [6.07, 6.45) is 13.7. The van der Waals surface area contributed by atoms with Crippen LogP contribution in [0.4, 0.5) is 4.79 Å². The summed E-state index contributed by atoms with van der Waals surface area (Å²) < 4.78 is 6.05. The fraction of sp³-hybridized carbons (Fsp3) is 0.960.